The summed E-state index contributed by atoms with van der Waals surface area (Å²) >= 11 is 0. The van der Waals surface area contributed by atoms with Crippen LogP contribution in [0.25, 0.3) is 11.5 Å². The van der Waals surface area contributed by atoms with E-state index >= 15 is 0 Å². The predicted octanol–water partition coefficient (Wildman–Crippen LogP) is 3.80. The summed E-state index contributed by atoms with van der Waals surface area (Å²) in [6.45, 7) is 10.1. The van der Waals surface area contributed by atoms with Crippen molar-refractivity contribution in [2.24, 2.45) is 5.41 Å². The standard InChI is InChI=1S/C22H26N6O2/c1-12(2)19-18(13(3)30-28-19)21(29)27-16-9-22(4,5)8-15-14(16)10-25-20(26-15)17-11-23-6-7-24-17/h6-7,10-12,16H,8-9H2,1-5H3,(H,27,29). The number of amides is 1. The van der Waals surface area contributed by atoms with Crippen LogP contribution >= 0.6 is 0 Å². The largest absolute Gasteiger partial charge is 0.361 e. The van der Waals surface area contributed by atoms with E-state index in [9.17, 15) is 4.79 Å². The van der Waals surface area contributed by atoms with Crippen LogP contribution in [-0.4, -0.2) is 31.0 Å². The minimum atomic E-state index is -0.193. The van der Waals surface area contributed by atoms with Gasteiger partial charge in [0, 0.05) is 24.2 Å². The first kappa shape index (κ1) is 20.1. The number of aryl methyl sites for hydroxylation is 1. The highest BCUT2D eigenvalue weighted by Crippen LogP contribution is 2.40. The third-order valence-corrected chi connectivity index (χ3v) is 5.44. The molecule has 30 heavy (non-hydrogen) atoms. The number of carbonyl (C=O) groups excluding carboxylic acids is 1. The lowest BCUT2D eigenvalue weighted by molar-refractivity contribution is 0.0916. The van der Waals surface area contributed by atoms with Gasteiger partial charge in [-0.3, -0.25) is 9.78 Å². The normalized spacial score (nSPS) is 17.6. The van der Waals surface area contributed by atoms with Crippen LogP contribution in [0.3, 0.4) is 0 Å². The topological polar surface area (TPSA) is 107 Å². The number of hydrogen-bond acceptors (Lipinski definition) is 7. The molecule has 1 atom stereocenters. The summed E-state index contributed by atoms with van der Waals surface area (Å²) in [4.78, 5) is 30.8. The second kappa shape index (κ2) is 7.59. The van der Waals surface area contributed by atoms with E-state index in [0.717, 1.165) is 24.1 Å². The summed E-state index contributed by atoms with van der Waals surface area (Å²) in [6.07, 6.45) is 8.29. The zero-order valence-electron chi connectivity index (χ0n) is 17.9. The van der Waals surface area contributed by atoms with Gasteiger partial charge < -0.3 is 9.84 Å². The number of rotatable bonds is 4. The molecular weight excluding hydrogens is 380 g/mol. The molecule has 3 aromatic rings. The first-order valence-corrected chi connectivity index (χ1v) is 10.1. The Bertz CT molecular complexity index is 1070. The van der Waals surface area contributed by atoms with Gasteiger partial charge in [-0.15, -0.1) is 0 Å². The van der Waals surface area contributed by atoms with E-state index in [-0.39, 0.29) is 23.3 Å². The Hall–Kier alpha value is -3.16. The van der Waals surface area contributed by atoms with Crippen LogP contribution in [0.1, 0.15) is 79.1 Å². The molecule has 3 aromatic heterocycles. The second-order valence-electron chi connectivity index (χ2n) is 8.91. The van der Waals surface area contributed by atoms with E-state index in [2.05, 4.69) is 39.3 Å². The van der Waals surface area contributed by atoms with Gasteiger partial charge in [0.15, 0.2) is 5.82 Å². The molecule has 0 fully saturated rings. The van der Waals surface area contributed by atoms with E-state index < -0.39 is 0 Å². The molecule has 8 heteroatoms. The molecular formula is C22H26N6O2. The minimum Gasteiger partial charge on any atom is -0.361 e. The first-order valence-electron chi connectivity index (χ1n) is 10.1. The van der Waals surface area contributed by atoms with Gasteiger partial charge in [-0.05, 0) is 31.1 Å². The third-order valence-electron chi connectivity index (χ3n) is 5.44. The molecule has 0 radical (unpaired) electrons. The second-order valence-corrected chi connectivity index (χ2v) is 8.91. The highest BCUT2D eigenvalue weighted by Gasteiger charge is 2.35. The number of fused-ring (bicyclic) bond motifs is 1. The Labute approximate surface area is 175 Å². The average molecular weight is 406 g/mol. The van der Waals surface area contributed by atoms with Crippen molar-refractivity contribution in [3.8, 4) is 11.5 Å². The third kappa shape index (κ3) is 3.81. The average Bonchev–Trinajstić information content (AvgIpc) is 3.09. The first-order chi connectivity index (χ1) is 14.2. The number of aromatic nitrogens is 5. The molecule has 1 amide bonds. The zero-order chi connectivity index (χ0) is 21.5. The molecule has 0 saturated heterocycles. The zero-order valence-corrected chi connectivity index (χ0v) is 17.9. The summed E-state index contributed by atoms with van der Waals surface area (Å²) < 4.78 is 5.29. The van der Waals surface area contributed by atoms with Crippen molar-refractivity contribution in [2.75, 3.05) is 0 Å². The summed E-state index contributed by atoms with van der Waals surface area (Å²) in [7, 11) is 0. The molecule has 1 aliphatic carbocycles. The maximum Gasteiger partial charge on any atom is 0.257 e. The molecule has 3 heterocycles. The van der Waals surface area contributed by atoms with Crippen LogP contribution in [0.4, 0.5) is 0 Å². The van der Waals surface area contributed by atoms with Crippen molar-refractivity contribution in [3.63, 3.8) is 0 Å². The maximum atomic E-state index is 13.2. The van der Waals surface area contributed by atoms with Gasteiger partial charge >= 0.3 is 0 Å². The van der Waals surface area contributed by atoms with Crippen LogP contribution < -0.4 is 5.32 Å². The summed E-state index contributed by atoms with van der Waals surface area (Å²) in [6, 6.07) is -0.193. The summed E-state index contributed by atoms with van der Waals surface area (Å²) in [5, 5.41) is 7.26. The lowest BCUT2D eigenvalue weighted by Crippen LogP contribution is -2.37. The van der Waals surface area contributed by atoms with Gasteiger partial charge in [-0.2, -0.15) is 0 Å². The van der Waals surface area contributed by atoms with E-state index in [4.69, 9.17) is 9.51 Å². The minimum absolute atomic E-state index is 0.0243. The fourth-order valence-electron chi connectivity index (χ4n) is 4.00. The quantitative estimate of drug-likeness (QED) is 0.702. The monoisotopic (exact) mass is 406 g/mol. The number of nitrogens with zero attached hydrogens (tertiary/aromatic N) is 5. The van der Waals surface area contributed by atoms with Gasteiger partial charge in [0.1, 0.15) is 17.0 Å². The number of hydrogen-bond donors (Lipinski definition) is 1. The van der Waals surface area contributed by atoms with Gasteiger partial charge in [0.25, 0.3) is 5.91 Å². The summed E-state index contributed by atoms with van der Waals surface area (Å²) in [5.41, 5.74) is 3.67. The fourth-order valence-corrected chi connectivity index (χ4v) is 4.00. The van der Waals surface area contributed by atoms with Crippen molar-refractivity contribution in [1.82, 2.24) is 30.4 Å². The number of carbonyl (C=O) groups is 1. The van der Waals surface area contributed by atoms with Gasteiger partial charge in [-0.1, -0.05) is 32.9 Å². The van der Waals surface area contributed by atoms with Gasteiger partial charge in [0.2, 0.25) is 0 Å². The molecule has 0 bridgehead atoms. The van der Waals surface area contributed by atoms with Crippen LogP contribution in [-0.2, 0) is 6.42 Å². The molecule has 1 aliphatic rings. The van der Waals surface area contributed by atoms with E-state index in [1.165, 1.54) is 0 Å². The highest BCUT2D eigenvalue weighted by atomic mass is 16.5. The molecule has 0 spiro atoms. The van der Waals surface area contributed by atoms with Crippen LogP contribution in [0.5, 0.6) is 0 Å². The van der Waals surface area contributed by atoms with Crippen LogP contribution in [0.2, 0.25) is 0 Å². The van der Waals surface area contributed by atoms with Gasteiger partial charge in [0.05, 0.1) is 23.6 Å². The van der Waals surface area contributed by atoms with Crippen molar-refractivity contribution in [3.05, 3.63) is 53.1 Å². The molecule has 1 unspecified atom stereocenters. The maximum absolute atomic E-state index is 13.2. The van der Waals surface area contributed by atoms with Crippen molar-refractivity contribution >= 4 is 5.91 Å². The molecule has 1 N–H and O–H groups in total. The van der Waals surface area contributed by atoms with E-state index in [1.54, 1.807) is 31.7 Å². The molecule has 0 aliphatic heterocycles. The number of nitrogens with one attached hydrogen (secondary N) is 1. The lowest BCUT2D eigenvalue weighted by atomic mass is 9.74. The Kier molecular flexibility index (Phi) is 5.09. The Morgan fingerprint density at radius 1 is 1.23 bits per heavy atom. The smallest absolute Gasteiger partial charge is 0.257 e. The van der Waals surface area contributed by atoms with Crippen molar-refractivity contribution in [2.45, 2.75) is 59.4 Å². The van der Waals surface area contributed by atoms with Crippen molar-refractivity contribution in [1.29, 1.82) is 0 Å². The van der Waals surface area contributed by atoms with E-state index in [0.29, 0.717) is 28.5 Å². The fraction of sp³-hybridized carbons (Fsp3) is 0.455. The van der Waals surface area contributed by atoms with E-state index in [1.807, 2.05) is 13.8 Å². The Morgan fingerprint density at radius 2 is 2.03 bits per heavy atom. The lowest BCUT2D eigenvalue weighted by Gasteiger charge is -2.36. The molecule has 4 rings (SSSR count). The summed E-state index contributed by atoms with van der Waals surface area (Å²) in [5.74, 6) is 0.989. The Morgan fingerprint density at radius 3 is 2.73 bits per heavy atom. The predicted molar refractivity (Wildman–Crippen MR) is 111 cm³/mol. The molecule has 8 nitrogen and oxygen atoms in total. The van der Waals surface area contributed by atoms with Gasteiger partial charge in [-0.25, -0.2) is 15.0 Å². The Balaban J connectivity index is 1.67. The molecule has 156 valence electrons. The molecule has 0 aromatic carbocycles. The molecule has 0 saturated carbocycles. The van der Waals surface area contributed by atoms with Crippen LogP contribution in [0, 0.1) is 12.3 Å². The highest BCUT2D eigenvalue weighted by molar-refractivity contribution is 5.96. The van der Waals surface area contributed by atoms with Crippen molar-refractivity contribution < 1.29 is 9.32 Å². The van der Waals surface area contributed by atoms with Crippen LogP contribution in [0.15, 0.2) is 29.3 Å². The SMILES string of the molecule is Cc1onc(C(C)C)c1C(=O)NC1CC(C)(C)Cc2nc(-c3cnccn3)ncc21.